The summed E-state index contributed by atoms with van der Waals surface area (Å²) >= 11 is 5.96. The molecule has 0 radical (unpaired) electrons. The summed E-state index contributed by atoms with van der Waals surface area (Å²) in [6.45, 7) is 1.79. The number of benzene rings is 2. The molecular formula is C14H13ClN2O3. The first-order chi connectivity index (χ1) is 9.45. The van der Waals surface area contributed by atoms with E-state index in [0.717, 1.165) is 5.56 Å². The Hall–Kier alpha value is -2.40. The number of hydrogen-bond acceptors (Lipinski definition) is 3. The molecule has 2 aromatic rings. The predicted molar refractivity (Wildman–Crippen MR) is 78.6 cm³/mol. The van der Waals surface area contributed by atoms with Crippen LogP contribution < -0.4 is 10.6 Å². The standard InChI is InChI=1S/C14H13ClN2O3/c1-8-12(15)3-2-4-13(8)17-14(20)16-9-5-10(18)7-11(19)6-9/h2-7,18-19H,1H3,(H2,16,17,20). The lowest BCUT2D eigenvalue weighted by Crippen LogP contribution is -2.19. The fraction of sp³-hybridized carbons (Fsp3) is 0.0714. The molecule has 0 atom stereocenters. The molecule has 2 amide bonds. The van der Waals surface area contributed by atoms with Crippen molar-refractivity contribution >= 4 is 29.0 Å². The zero-order chi connectivity index (χ0) is 14.7. The third-order valence-corrected chi connectivity index (χ3v) is 3.09. The second kappa shape index (κ2) is 5.71. The van der Waals surface area contributed by atoms with Crippen molar-refractivity contribution in [2.24, 2.45) is 0 Å². The van der Waals surface area contributed by atoms with Gasteiger partial charge in [-0.2, -0.15) is 0 Å². The molecule has 0 aliphatic rings. The van der Waals surface area contributed by atoms with Crippen molar-refractivity contribution in [3.05, 3.63) is 47.0 Å². The largest absolute Gasteiger partial charge is 0.508 e. The van der Waals surface area contributed by atoms with Gasteiger partial charge in [0.25, 0.3) is 0 Å². The number of amides is 2. The van der Waals surface area contributed by atoms with Crippen LogP contribution in [-0.4, -0.2) is 16.2 Å². The van der Waals surface area contributed by atoms with Crippen molar-refractivity contribution in [1.82, 2.24) is 0 Å². The highest BCUT2D eigenvalue weighted by Crippen LogP contribution is 2.25. The Kier molecular flexibility index (Phi) is 4.00. The van der Waals surface area contributed by atoms with E-state index in [0.29, 0.717) is 10.7 Å². The molecule has 0 spiro atoms. The Balaban J connectivity index is 2.11. The molecule has 4 N–H and O–H groups in total. The maximum Gasteiger partial charge on any atom is 0.323 e. The molecule has 2 aromatic carbocycles. The van der Waals surface area contributed by atoms with Gasteiger partial charge in [0.1, 0.15) is 11.5 Å². The minimum absolute atomic E-state index is 0.140. The van der Waals surface area contributed by atoms with E-state index in [1.165, 1.54) is 18.2 Å². The van der Waals surface area contributed by atoms with Crippen molar-refractivity contribution in [2.45, 2.75) is 6.92 Å². The smallest absolute Gasteiger partial charge is 0.323 e. The molecule has 5 nitrogen and oxygen atoms in total. The van der Waals surface area contributed by atoms with Crippen LogP contribution in [0, 0.1) is 6.92 Å². The van der Waals surface area contributed by atoms with Crippen LogP contribution in [-0.2, 0) is 0 Å². The topological polar surface area (TPSA) is 81.6 Å². The molecule has 0 heterocycles. The van der Waals surface area contributed by atoms with Crippen LogP contribution in [0.4, 0.5) is 16.2 Å². The van der Waals surface area contributed by atoms with Crippen LogP contribution >= 0.6 is 11.6 Å². The highest BCUT2D eigenvalue weighted by molar-refractivity contribution is 6.31. The second-order valence-electron chi connectivity index (χ2n) is 4.23. The summed E-state index contributed by atoms with van der Waals surface area (Å²) in [5, 5.41) is 24.4. The quantitative estimate of drug-likeness (QED) is 0.681. The highest BCUT2D eigenvalue weighted by Gasteiger charge is 2.08. The van der Waals surface area contributed by atoms with Gasteiger partial charge in [0.05, 0.1) is 0 Å². The first-order valence-electron chi connectivity index (χ1n) is 5.82. The molecular weight excluding hydrogens is 280 g/mol. The van der Waals surface area contributed by atoms with Crippen molar-refractivity contribution in [1.29, 1.82) is 0 Å². The minimum Gasteiger partial charge on any atom is -0.508 e. The Labute approximate surface area is 120 Å². The average molecular weight is 293 g/mol. The number of hydrogen-bond donors (Lipinski definition) is 4. The van der Waals surface area contributed by atoms with E-state index in [2.05, 4.69) is 10.6 Å². The van der Waals surface area contributed by atoms with Crippen LogP contribution in [0.3, 0.4) is 0 Å². The lowest BCUT2D eigenvalue weighted by molar-refractivity contribution is 0.262. The number of urea groups is 1. The predicted octanol–water partition coefficient (Wildman–Crippen LogP) is 3.70. The number of rotatable bonds is 2. The molecule has 2 rings (SSSR count). The first-order valence-corrected chi connectivity index (χ1v) is 6.19. The monoisotopic (exact) mass is 292 g/mol. The van der Waals surface area contributed by atoms with E-state index in [1.54, 1.807) is 25.1 Å². The Morgan fingerprint density at radius 2 is 1.75 bits per heavy atom. The third-order valence-electron chi connectivity index (χ3n) is 2.68. The molecule has 104 valence electrons. The Morgan fingerprint density at radius 1 is 1.10 bits per heavy atom. The SMILES string of the molecule is Cc1c(Cl)cccc1NC(=O)Nc1cc(O)cc(O)c1. The summed E-state index contributed by atoms with van der Waals surface area (Å²) < 4.78 is 0. The fourth-order valence-electron chi connectivity index (χ4n) is 1.69. The molecule has 0 saturated heterocycles. The van der Waals surface area contributed by atoms with Gasteiger partial charge in [-0.05, 0) is 24.6 Å². The average Bonchev–Trinajstić information content (AvgIpc) is 2.33. The van der Waals surface area contributed by atoms with Crippen LogP contribution in [0.25, 0.3) is 0 Å². The molecule has 0 bridgehead atoms. The zero-order valence-corrected chi connectivity index (χ0v) is 11.4. The lowest BCUT2D eigenvalue weighted by atomic mass is 10.2. The van der Waals surface area contributed by atoms with Gasteiger partial charge in [-0.3, -0.25) is 0 Å². The normalized spacial score (nSPS) is 10.1. The Bertz CT molecular complexity index is 639. The number of anilines is 2. The van der Waals surface area contributed by atoms with Gasteiger partial charge in [0, 0.05) is 34.6 Å². The van der Waals surface area contributed by atoms with Crippen LogP contribution in [0.2, 0.25) is 5.02 Å². The molecule has 0 aliphatic heterocycles. The number of aromatic hydroxyl groups is 2. The molecule has 0 aromatic heterocycles. The maximum absolute atomic E-state index is 11.8. The van der Waals surface area contributed by atoms with E-state index < -0.39 is 6.03 Å². The van der Waals surface area contributed by atoms with Crippen molar-refractivity contribution in [3.8, 4) is 11.5 Å². The van der Waals surface area contributed by atoms with Crippen LogP contribution in [0.5, 0.6) is 11.5 Å². The van der Waals surface area contributed by atoms with Crippen LogP contribution in [0.15, 0.2) is 36.4 Å². The summed E-state index contributed by atoms with van der Waals surface area (Å²) in [5.41, 5.74) is 1.61. The summed E-state index contributed by atoms with van der Waals surface area (Å²) in [6.07, 6.45) is 0. The van der Waals surface area contributed by atoms with E-state index >= 15 is 0 Å². The molecule has 0 fully saturated rings. The number of phenolic OH excluding ortho intramolecular Hbond substituents is 2. The van der Waals surface area contributed by atoms with E-state index in [4.69, 9.17) is 11.6 Å². The molecule has 0 aliphatic carbocycles. The number of nitrogens with one attached hydrogen (secondary N) is 2. The van der Waals surface area contributed by atoms with Crippen molar-refractivity contribution in [2.75, 3.05) is 10.6 Å². The number of phenols is 2. The van der Waals surface area contributed by atoms with Gasteiger partial charge in [-0.1, -0.05) is 17.7 Å². The zero-order valence-electron chi connectivity index (χ0n) is 10.6. The minimum atomic E-state index is -0.500. The third kappa shape index (κ3) is 3.33. The summed E-state index contributed by atoms with van der Waals surface area (Å²) in [6, 6.07) is 8.50. The molecule has 20 heavy (non-hydrogen) atoms. The lowest BCUT2D eigenvalue weighted by Gasteiger charge is -2.11. The fourth-order valence-corrected chi connectivity index (χ4v) is 1.87. The maximum atomic E-state index is 11.8. The second-order valence-corrected chi connectivity index (χ2v) is 4.64. The van der Waals surface area contributed by atoms with Gasteiger partial charge in [0.2, 0.25) is 0 Å². The number of carbonyl (C=O) groups excluding carboxylic acids is 1. The van der Waals surface area contributed by atoms with Gasteiger partial charge in [-0.15, -0.1) is 0 Å². The highest BCUT2D eigenvalue weighted by atomic mass is 35.5. The van der Waals surface area contributed by atoms with Crippen molar-refractivity contribution in [3.63, 3.8) is 0 Å². The summed E-state index contributed by atoms with van der Waals surface area (Å²) in [7, 11) is 0. The van der Waals surface area contributed by atoms with Gasteiger partial charge in [0.15, 0.2) is 0 Å². The van der Waals surface area contributed by atoms with Gasteiger partial charge >= 0.3 is 6.03 Å². The number of carbonyl (C=O) groups is 1. The van der Waals surface area contributed by atoms with Gasteiger partial charge in [-0.25, -0.2) is 4.79 Å². The van der Waals surface area contributed by atoms with Crippen molar-refractivity contribution < 1.29 is 15.0 Å². The summed E-state index contributed by atoms with van der Waals surface area (Å²) in [4.78, 5) is 11.8. The molecule has 6 heteroatoms. The first kappa shape index (κ1) is 14.0. The summed E-state index contributed by atoms with van der Waals surface area (Å²) in [5.74, 6) is -0.279. The molecule has 0 unspecified atom stereocenters. The Morgan fingerprint density at radius 3 is 2.40 bits per heavy atom. The van der Waals surface area contributed by atoms with E-state index in [1.807, 2.05) is 0 Å². The van der Waals surface area contributed by atoms with Crippen LogP contribution in [0.1, 0.15) is 5.56 Å². The van der Waals surface area contributed by atoms with Gasteiger partial charge < -0.3 is 20.8 Å². The number of halogens is 1. The van der Waals surface area contributed by atoms with E-state index in [-0.39, 0.29) is 17.2 Å². The van der Waals surface area contributed by atoms with E-state index in [9.17, 15) is 15.0 Å². The molecule has 0 saturated carbocycles.